The minimum Gasteiger partial charge on any atom is -0.481 e. The van der Waals surface area contributed by atoms with Crippen LogP contribution >= 0.6 is 0 Å². The third-order valence-electron chi connectivity index (χ3n) is 5.53. The first-order valence-electron chi connectivity index (χ1n) is 9.39. The van der Waals surface area contributed by atoms with Crippen LogP contribution in [0, 0.1) is 11.3 Å². The molecule has 0 amide bonds. The first kappa shape index (κ1) is 21.7. The Hall–Kier alpha value is -1.39. The lowest BCUT2D eigenvalue weighted by Crippen LogP contribution is -2.45. The standard InChI is InChI=1S/C21H34NO3/c1-5-14-20(3,17-12-8-7-9-13-17)18(6-2)21(4,19(23)24)15-10-11-16-22-25/h7-9,12-13,22,25H,5-6,10-11,14-16H2,1-4H3,(H,23,24). The van der Waals surface area contributed by atoms with Crippen molar-refractivity contribution >= 4 is 5.97 Å². The fourth-order valence-corrected chi connectivity index (χ4v) is 4.23. The Morgan fingerprint density at radius 3 is 2.20 bits per heavy atom. The quantitative estimate of drug-likeness (QED) is 0.368. The van der Waals surface area contributed by atoms with Crippen LogP contribution in [0.4, 0.5) is 0 Å². The van der Waals surface area contributed by atoms with Gasteiger partial charge in [-0.25, -0.2) is 5.48 Å². The van der Waals surface area contributed by atoms with E-state index in [1.165, 1.54) is 5.56 Å². The normalized spacial score (nSPS) is 16.4. The molecular weight excluding hydrogens is 314 g/mol. The van der Waals surface area contributed by atoms with Crippen LogP contribution in [0.15, 0.2) is 30.3 Å². The number of carboxylic acids is 1. The van der Waals surface area contributed by atoms with E-state index in [1.54, 1.807) is 0 Å². The maximum atomic E-state index is 12.3. The summed E-state index contributed by atoms with van der Waals surface area (Å²) in [5.74, 6) is 0.345. The van der Waals surface area contributed by atoms with Crippen molar-refractivity contribution in [2.75, 3.05) is 6.54 Å². The number of carbonyl (C=O) groups is 1. The number of carboxylic acid groups (broad SMARTS) is 1. The third kappa shape index (κ3) is 5.05. The van der Waals surface area contributed by atoms with Crippen LogP contribution in [-0.2, 0) is 10.2 Å². The highest BCUT2D eigenvalue weighted by Gasteiger charge is 2.49. The average molecular weight is 349 g/mol. The van der Waals surface area contributed by atoms with Crippen molar-refractivity contribution in [2.24, 2.45) is 5.41 Å². The molecule has 141 valence electrons. The molecule has 0 saturated carbocycles. The Bertz CT molecular complexity index is 519. The molecule has 2 unspecified atom stereocenters. The maximum absolute atomic E-state index is 12.3. The summed E-state index contributed by atoms with van der Waals surface area (Å²) in [6.07, 6.45) is 4.77. The van der Waals surface area contributed by atoms with Gasteiger partial charge in [-0.3, -0.25) is 4.79 Å². The van der Waals surface area contributed by atoms with Gasteiger partial charge in [0.2, 0.25) is 0 Å². The number of benzene rings is 1. The smallest absolute Gasteiger partial charge is 0.309 e. The summed E-state index contributed by atoms with van der Waals surface area (Å²) < 4.78 is 0. The van der Waals surface area contributed by atoms with Gasteiger partial charge >= 0.3 is 5.97 Å². The molecule has 2 atom stereocenters. The van der Waals surface area contributed by atoms with E-state index >= 15 is 0 Å². The lowest BCUT2D eigenvalue weighted by molar-refractivity contribution is -0.148. The summed E-state index contributed by atoms with van der Waals surface area (Å²) in [5, 5.41) is 18.8. The van der Waals surface area contributed by atoms with Gasteiger partial charge in [0.05, 0.1) is 5.41 Å². The summed E-state index contributed by atoms with van der Waals surface area (Å²) in [6, 6.07) is 10.3. The van der Waals surface area contributed by atoms with Gasteiger partial charge in [0.1, 0.15) is 0 Å². The Balaban J connectivity index is 3.23. The molecule has 1 aromatic rings. The fraction of sp³-hybridized carbons (Fsp3) is 0.619. The molecule has 0 spiro atoms. The monoisotopic (exact) mass is 348 g/mol. The predicted octanol–water partition coefficient (Wildman–Crippen LogP) is 4.97. The second kappa shape index (κ2) is 9.93. The Morgan fingerprint density at radius 1 is 1.08 bits per heavy atom. The summed E-state index contributed by atoms with van der Waals surface area (Å²) >= 11 is 0. The molecule has 0 saturated heterocycles. The van der Waals surface area contributed by atoms with E-state index < -0.39 is 11.4 Å². The molecule has 0 aliphatic rings. The second-order valence-electron chi connectivity index (χ2n) is 7.28. The fourth-order valence-electron chi connectivity index (χ4n) is 4.23. The van der Waals surface area contributed by atoms with Crippen LogP contribution in [0.25, 0.3) is 0 Å². The molecule has 0 aliphatic carbocycles. The van der Waals surface area contributed by atoms with E-state index in [2.05, 4.69) is 38.4 Å². The van der Waals surface area contributed by atoms with E-state index in [1.807, 2.05) is 25.1 Å². The minimum atomic E-state index is -0.871. The second-order valence-corrected chi connectivity index (χ2v) is 7.28. The van der Waals surface area contributed by atoms with Gasteiger partial charge in [-0.05, 0) is 43.6 Å². The molecule has 0 fully saturated rings. The number of hydrogen-bond donors (Lipinski definition) is 3. The van der Waals surface area contributed by atoms with E-state index in [0.29, 0.717) is 13.0 Å². The number of aliphatic carboxylic acids is 1. The molecule has 0 heterocycles. The van der Waals surface area contributed by atoms with Crippen LogP contribution in [-0.4, -0.2) is 22.8 Å². The van der Waals surface area contributed by atoms with E-state index in [-0.39, 0.29) is 5.41 Å². The van der Waals surface area contributed by atoms with Crippen LogP contribution in [0.1, 0.15) is 71.8 Å². The van der Waals surface area contributed by atoms with Crippen molar-refractivity contribution in [1.29, 1.82) is 0 Å². The van der Waals surface area contributed by atoms with E-state index in [9.17, 15) is 9.90 Å². The molecular formula is C21H34NO3. The highest BCUT2D eigenvalue weighted by atomic mass is 16.5. The summed E-state index contributed by atoms with van der Waals surface area (Å²) in [4.78, 5) is 12.3. The summed E-state index contributed by atoms with van der Waals surface area (Å²) in [7, 11) is 0. The zero-order valence-corrected chi connectivity index (χ0v) is 16.1. The first-order chi connectivity index (χ1) is 11.9. The van der Waals surface area contributed by atoms with Crippen molar-refractivity contribution in [3.63, 3.8) is 0 Å². The number of nitrogens with one attached hydrogen (secondary N) is 1. The molecule has 0 aromatic heterocycles. The Kier molecular flexibility index (Phi) is 8.60. The van der Waals surface area contributed by atoms with Crippen LogP contribution in [0.2, 0.25) is 0 Å². The molecule has 4 nitrogen and oxygen atoms in total. The van der Waals surface area contributed by atoms with Gasteiger partial charge in [0, 0.05) is 12.5 Å². The largest absolute Gasteiger partial charge is 0.481 e. The van der Waals surface area contributed by atoms with Crippen LogP contribution in [0.3, 0.4) is 0 Å². The number of rotatable bonds is 12. The molecule has 1 radical (unpaired) electrons. The van der Waals surface area contributed by atoms with Gasteiger partial charge in [-0.1, -0.05) is 63.9 Å². The van der Waals surface area contributed by atoms with Gasteiger partial charge in [0.15, 0.2) is 0 Å². The SMILES string of the molecule is CCCC(C)([C](CC)C(C)(CCCCNO)C(=O)O)c1ccccc1. The van der Waals surface area contributed by atoms with Crippen LogP contribution in [0.5, 0.6) is 0 Å². The molecule has 1 rings (SSSR count). The molecule has 0 aliphatic heterocycles. The number of unbranched alkanes of at least 4 members (excludes halogenated alkanes) is 1. The molecule has 4 heteroatoms. The highest BCUT2D eigenvalue weighted by Crippen LogP contribution is 2.51. The van der Waals surface area contributed by atoms with Gasteiger partial charge in [-0.2, -0.15) is 0 Å². The van der Waals surface area contributed by atoms with Gasteiger partial charge in [-0.15, -0.1) is 0 Å². The van der Waals surface area contributed by atoms with Crippen molar-refractivity contribution in [1.82, 2.24) is 5.48 Å². The first-order valence-corrected chi connectivity index (χ1v) is 9.39. The number of hydroxylamine groups is 1. The molecule has 1 aromatic carbocycles. The predicted molar refractivity (Wildman–Crippen MR) is 102 cm³/mol. The highest BCUT2D eigenvalue weighted by molar-refractivity contribution is 5.78. The lowest BCUT2D eigenvalue weighted by Gasteiger charge is -2.46. The maximum Gasteiger partial charge on any atom is 0.309 e. The van der Waals surface area contributed by atoms with Crippen molar-refractivity contribution in [3.8, 4) is 0 Å². The van der Waals surface area contributed by atoms with Gasteiger partial charge in [0.25, 0.3) is 0 Å². The Labute approximate surface area is 152 Å². The van der Waals surface area contributed by atoms with Crippen molar-refractivity contribution in [2.45, 2.75) is 71.6 Å². The average Bonchev–Trinajstić information content (AvgIpc) is 2.60. The third-order valence-corrected chi connectivity index (χ3v) is 5.53. The van der Waals surface area contributed by atoms with Crippen molar-refractivity contribution in [3.05, 3.63) is 41.8 Å². The summed E-state index contributed by atoms with van der Waals surface area (Å²) in [6.45, 7) is 8.78. The minimum absolute atomic E-state index is 0.257. The lowest BCUT2D eigenvalue weighted by atomic mass is 9.56. The molecule has 25 heavy (non-hydrogen) atoms. The van der Waals surface area contributed by atoms with Gasteiger partial charge < -0.3 is 10.3 Å². The zero-order valence-electron chi connectivity index (χ0n) is 16.1. The molecule has 3 N–H and O–H groups in total. The zero-order chi connectivity index (χ0) is 18.9. The van der Waals surface area contributed by atoms with Crippen LogP contribution < -0.4 is 5.48 Å². The number of hydrogen-bond acceptors (Lipinski definition) is 3. The Morgan fingerprint density at radius 2 is 1.72 bits per heavy atom. The summed E-state index contributed by atoms with van der Waals surface area (Å²) in [5.41, 5.74) is 2.21. The molecule has 0 bridgehead atoms. The topological polar surface area (TPSA) is 69.6 Å². The van der Waals surface area contributed by atoms with E-state index in [4.69, 9.17) is 5.21 Å². The van der Waals surface area contributed by atoms with E-state index in [0.717, 1.165) is 38.0 Å². The van der Waals surface area contributed by atoms with Crippen molar-refractivity contribution < 1.29 is 15.1 Å².